The maximum Gasteiger partial charge on any atom is 0.338 e. The number of esters is 1. The van der Waals surface area contributed by atoms with Crippen molar-refractivity contribution in [1.82, 2.24) is 4.90 Å². The van der Waals surface area contributed by atoms with Crippen molar-refractivity contribution >= 4 is 15.8 Å². The Morgan fingerprint density at radius 3 is 2.48 bits per heavy atom. The molecule has 1 aliphatic heterocycles. The summed E-state index contributed by atoms with van der Waals surface area (Å²) in [5.74, 6) is -0.473. The van der Waals surface area contributed by atoms with E-state index in [0.29, 0.717) is 12.0 Å². The largest absolute Gasteiger partial charge is 0.465 e. The molecule has 6 heteroatoms. The molecule has 1 aliphatic rings. The lowest BCUT2D eigenvalue weighted by Crippen LogP contribution is -2.40. The van der Waals surface area contributed by atoms with Crippen molar-refractivity contribution < 1.29 is 17.9 Å². The lowest BCUT2D eigenvalue weighted by molar-refractivity contribution is 0.0599. The molecule has 0 aromatic heterocycles. The minimum Gasteiger partial charge on any atom is -0.465 e. The molecule has 0 spiro atoms. The van der Waals surface area contributed by atoms with E-state index in [0.717, 1.165) is 11.1 Å². The van der Waals surface area contributed by atoms with Crippen LogP contribution >= 0.6 is 0 Å². The minimum atomic E-state index is -3.40. The van der Waals surface area contributed by atoms with Gasteiger partial charge in [-0.1, -0.05) is 13.0 Å². The van der Waals surface area contributed by atoms with Crippen LogP contribution in [0, 0.1) is 0 Å². The number of ether oxygens (including phenoxy) is 1. The molecular formula is C15H21NO4S. The van der Waals surface area contributed by atoms with Gasteiger partial charge in [-0.25, -0.2) is 13.2 Å². The van der Waals surface area contributed by atoms with Crippen LogP contribution in [0.1, 0.15) is 35.3 Å². The van der Waals surface area contributed by atoms with E-state index >= 15 is 0 Å². The quantitative estimate of drug-likeness (QED) is 0.793. The number of aryl methyl sites for hydroxylation is 1. The normalized spacial score (nSPS) is 23.1. The Labute approximate surface area is 125 Å². The van der Waals surface area contributed by atoms with Crippen molar-refractivity contribution in [3.63, 3.8) is 0 Å². The van der Waals surface area contributed by atoms with Gasteiger partial charge in [0.2, 0.25) is 0 Å². The van der Waals surface area contributed by atoms with Crippen LogP contribution in [0.5, 0.6) is 0 Å². The maximum absolute atomic E-state index is 12.5. The summed E-state index contributed by atoms with van der Waals surface area (Å²) < 4.78 is 29.7. The second-order valence-electron chi connectivity index (χ2n) is 5.78. The van der Waals surface area contributed by atoms with Crippen LogP contribution < -0.4 is 0 Å². The summed E-state index contributed by atoms with van der Waals surface area (Å²) in [6.45, 7) is 3.85. The molecule has 5 nitrogen and oxygen atoms in total. The molecule has 1 atom stereocenters. The van der Waals surface area contributed by atoms with Crippen molar-refractivity contribution in [1.29, 1.82) is 0 Å². The SMILES string of the molecule is CCc1cc2c(cc1C(=O)OC)S(=O)(=O)CC2(C)N(C)C. The molecule has 0 saturated heterocycles. The van der Waals surface area contributed by atoms with Crippen molar-refractivity contribution in [2.24, 2.45) is 0 Å². The smallest absolute Gasteiger partial charge is 0.338 e. The van der Waals surface area contributed by atoms with E-state index in [1.165, 1.54) is 13.2 Å². The number of rotatable bonds is 3. The fourth-order valence-electron chi connectivity index (χ4n) is 2.79. The van der Waals surface area contributed by atoms with Gasteiger partial charge in [0.05, 0.1) is 28.9 Å². The maximum atomic E-state index is 12.5. The predicted octanol–water partition coefficient (Wildman–Crippen LogP) is 1.60. The molecule has 0 amide bonds. The molecule has 1 aromatic carbocycles. The van der Waals surface area contributed by atoms with Gasteiger partial charge >= 0.3 is 5.97 Å². The molecule has 116 valence electrons. The summed E-state index contributed by atoms with van der Waals surface area (Å²) >= 11 is 0. The minimum absolute atomic E-state index is 0.0239. The summed E-state index contributed by atoms with van der Waals surface area (Å²) in [7, 11) is 1.63. The van der Waals surface area contributed by atoms with Gasteiger partial charge in [0, 0.05) is 0 Å². The Kier molecular flexibility index (Phi) is 3.88. The Morgan fingerprint density at radius 1 is 1.38 bits per heavy atom. The van der Waals surface area contributed by atoms with Crippen LogP contribution in [-0.4, -0.2) is 46.2 Å². The van der Waals surface area contributed by atoms with Gasteiger partial charge in [0.15, 0.2) is 9.84 Å². The molecule has 21 heavy (non-hydrogen) atoms. The summed E-state index contributed by atoms with van der Waals surface area (Å²) in [5.41, 5.74) is 1.33. The van der Waals surface area contributed by atoms with Gasteiger partial charge in [-0.15, -0.1) is 0 Å². The Bertz CT molecular complexity index is 694. The highest BCUT2D eigenvalue weighted by Gasteiger charge is 2.46. The van der Waals surface area contributed by atoms with Crippen LogP contribution in [0.3, 0.4) is 0 Å². The van der Waals surface area contributed by atoms with Crippen molar-refractivity contribution in [3.05, 3.63) is 28.8 Å². The Morgan fingerprint density at radius 2 is 2.00 bits per heavy atom. The van der Waals surface area contributed by atoms with Gasteiger partial charge in [0.1, 0.15) is 0 Å². The molecule has 0 N–H and O–H groups in total. The number of hydrogen-bond acceptors (Lipinski definition) is 5. The van der Waals surface area contributed by atoms with Gasteiger partial charge in [0.25, 0.3) is 0 Å². The number of carbonyl (C=O) groups is 1. The van der Waals surface area contributed by atoms with Crippen LogP contribution in [0.25, 0.3) is 0 Å². The zero-order valence-electron chi connectivity index (χ0n) is 13.1. The highest BCUT2D eigenvalue weighted by atomic mass is 32.2. The predicted molar refractivity (Wildman–Crippen MR) is 80.3 cm³/mol. The Balaban J connectivity index is 2.78. The average Bonchev–Trinajstić information content (AvgIpc) is 2.64. The summed E-state index contributed by atoms with van der Waals surface area (Å²) in [6, 6.07) is 3.32. The fraction of sp³-hybridized carbons (Fsp3) is 0.533. The van der Waals surface area contributed by atoms with Gasteiger partial charge in [-0.2, -0.15) is 0 Å². The molecule has 0 fully saturated rings. The molecule has 1 heterocycles. The van der Waals surface area contributed by atoms with Crippen LogP contribution in [0.2, 0.25) is 0 Å². The second-order valence-corrected chi connectivity index (χ2v) is 7.74. The molecule has 1 unspecified atom stereocenters. The standard InChI is InChI=1S/C15H21NO4S/c1-6-10-7-12-13(8-11(10)14(17)20-5)21(18,19)9-15(12,2)16(3)4/h7-8H,6,9H2,1-5H3. The lowest BCUT2D eigenvalue weighted by atomic mass is 9.89. The van der Waals surface area contributed by atoms with Crippen LogP contribution in [0.4, 0.5) is 0 Å². The topological polar surface area (TPSA) is 63.7 Å². The lowest BCUT2D eigenvalue weighted by Gasteiger charge is -2.32. The molecule has 0 aliphatic carbocycles. The van der Waals surface area contributed by atoms with E-state index in [2.05, 4.69) is 0 Å². The average molecular weight is 311 g/mol. The third kappa shape index (κ3) is 2.36. The first-order chi connectivity index (χ1) is 9.67. The summed E-state index contributed by atoms with van der Waals surface area (Å²) in [6.07, 6.45) is 0.640. The van der Waals surface area contributed by atoms with E-state index in [9.17, 15) is 13.2 Å². The zero-order chi connectivity index (χ0) is 16.0. The number of sulfone groups is 1. The first kappa shape index (κ1) is 16.0. The molecule has 0 radical (unpaired) electrons. The van der Waals surface area contributed by atoms with Crippen LogP contribution in [-0.2, 0) is 26.5 Å². The number of hydrogen-bond donors (Lipinski definition) is 0. The third-order valence-corrected chi connectivity index (χ3v) is 6.32. The second kappa shape index (κ2) is 5.10. The fourth-order valence-corrected chi connectivity index (χ4v) is 5.01. The molecular weight excluding hydrogens is 290 g/mol. The molecule has 1 aromatic rings. The van der Waals surface area contributed by atoms with Crippen molar-refractivity contribution in [2.75, 3.05) is 27.0 Å². The number of methoxy groups -OCH3 is 1. The number of carbonyl (C=O) groups excluding carboxylic acids is 1. The summed E-state index contributed by atoms with van der Waals surface area (Å²) in [5, 5.41) is 0. The van der Waals surface area contributed by atoms with E-state index in [1.54, 1.807) is 0 Å². The van der Waals surface area contributed by atoms with Crippen LogP contribution in [0.15, 0.2) is 17.0 Å². The van der Waals surface area contributed by atoms with Gasteiger partial charge in [-0.3, -0.25) is 4.90 Å². The molecule has 0 bridgehead atoms. The monoisotopic (exact) mass is 311 g/mol. The first-order valence-electron chi connectivity index (χ1n) is 6.83. The molecule has 2 rings (SSSR count). The number of benzene rings is 1. The number of fused-ring (bicyclic) bond motifs is 1. The highest BCUT2D eigenvalue weighted by Crippen LogP contribution is 2.42. The third-order valence-electron chi connectivity index (χ3n) is 4.37. The van der Waals surface area contributed by atoms with Crippen molar-refractivity contribution in [3.8, 4) is 0 Å². The first-order valence-corrected chi connectivity index (χ1v) is 8.48. The molecule has 0 saturated carbocycles. The zero-order valence-corrected chi connectivity index (χ0v) is 13.9. The Hall–Kier alpha value is -1.40. The van der Waals surface area contributed by atoms with E-state index in [4.69, 9.17) is 4.74 Å². The van der Waals surface area contributed by atoms with Gasteiger partial charge in [-0.05, 0) is 44.6 Å². The van der Waals surface area contributed by atoms with E-state index in [1.807, 2.05) is 38.9 Å². The summed E-state index contributed by atoms with van der Waals surface area (Å²) in [4.78, 5) is 14.0. The highest BCUT2D eigenvalue weighted by molar-refractivity contribution is 7.91. The van der Waals surface area contributed by atoms with Gasteiger partial charge < -0.3 is 4.74 Å². The van der Waals surface area contributed by atoms with E-state index < -0.39 is 21.3 Å². The number of nitrogens with zero attached hydrogens (tertiary/aromatic N) is 1. The van der Waals surface area contributed by atoms with E-state index in [-0.39, 0.29) is 10.6 Å². The van der Waals surface area contributed by atoms with Crippen molar-refractivity contribution in [2.45, 2.75) is 30.7 Å².